The van der Waals surface area contributed by atoms with E-state index in [1.165, 1.54) is 0 Å². The van der Waals surface area contributed by atoms with Gasteiger partial charge in [0.05, 0.1) is 18.2 Å². The third-order valence-electron chi connectivity index (χ3n) is 3.97. The van der Waals surface area contributed by atoms with Crippen molar-refractivity contribution in [2.75, 3.05) is 33.4 Å². The number of rotatable bonds is 7. The van der Waals surface area contributed by atoms with Gasteiger partial charge in [0.2, 0.25) is 0 Å². The summed E-state index contributed by atoms with van der Waals surface area (Å²) in [6, 6.07) is 3.85. The van der Waals surface area contributed by atoms with Crippen LogP contribution in [0.2, 0.25) is 0 Å². The third kappa shape index (κ3) is 4.18. The van der Waals surface area contributed by atoms with E-state index in [0.717, 1.165) is 36.9 Å². The molecule has 1 amide bonds. The van der Waals surface area contributed by atoms with Gasteiger partial charge in [0.25, 0.3) is 5.91 Å². The zero-order valence-electron chi connectivity index (χ0n) is 14.0. The SMILES string of the molecule is CCCN(C(=O)c1cc(Br)c(OCC)c(OC)c1)C1CCNC1. The molecule has 0 spiro atoms. The largest absolute Gasteiger partial charge is 0.493 e. The quantitative estimate of drug-likeness (QED) is 0.784. The van der Waals surface area contributed by atoms with Gasteiger partial charge < -0.3 is 19.7 Å². The van der Waals surface area contributed by atoms with Crippen LogP contribution in [-0.4, -0.2) is 50.2 Å². The maximum atomic E-state index is 13.0. The number of hydrogen-bond donors (Lipinski definition) is 1. The van der Waals surface area contributed by atoms with Crippen molar-refractivity contribution in [2.45, 2.75) is 32.7 Å². The standard InChI is InChI=1S/C17H25BrN2O3/c1-4-8-20(13-6-7-19-11-13)17(21)12-9-14(18)16(23-5-2)15(10-12)22-3/h9-10,13,19H,4-8,11H2,1-3H3. The Morgan fingerprint density at radius 2 is 2.22 bits per heavy atom. The first-order valence-electron chi connectivity index (χ1n) is 8.14. The van der Waals surface area contributed by atoms with Gasteiger partial charge in [0.15, 0.2) is 11.5 Å². The number of carbonyl (C=O) groups excluding carboxylic acids is 1. The fourth-order valence-corrected chi connectivity index (χ4v) is 3.45. The molecule has 0 bridgehead atoms. The normalized spacial score (nSPS) is 17.1. The molecule has 0 aromatic heterocycles. The number of benzene rings is 1. The summed E-state index contributed by atoms with van der Waals surface area (Å²) in [5.74, 6) is 1.25. The number of nitrogens with zero attached hydrogens (tertiary/aromatic N) is 1. The highest BCUT2D eigenvalue weighted by atomic mass is 79.9. The van der Waals surface area contributed by atoms with Gasteiger partial charge in [-0.1, -0.05) is 6.92 Å². The number of halogens is 1. The third-order valence-corrected chi connectivity index (χ3v) is 4.55. The molecule has 1 unspecified atom stereocenters. The Bertz CT molecular complexity index is 545. The first-order chi connectivity index (χ1) is 11.1. The van der Waals surface area contributed by atoms with Crippen LogP contribution in [0.5, 0.6) is 11.5 Å². The summed E-state index contributed by atoms with van der Waals surface area (Å²) in [7, 11) is 1.59. The molecule has 2 rings (SSSR count). The van der Waals surface area contributed by atoms with Crippen LogP contribution < -0.4 is 14.8 Å². The van der Waals surface area contributed by atoms with Gasteiger partial charge in [-0.2, -0.15) is 0 Å². The molecule has 1 N–H and O–H groups in total. The highest BCUT2D eigenvalue weighted by molar-refractivity contribution is 9.10. The maximum absolute atomic E-state index is 13.0. The fourth-order valence-electron chi connectivity index (χ4n) is 2.89. The molecule has 6 heteroatoms. The minimum Gasteiger partial charge on any atom is -0.493 e. The van der Waals surface area contributed by atoms with Gasteiger partial charge in [-0.3, -0.25) is 4.79 Å². The van der Waals surface area contributed by atoms with E-state index in [1.54, 1.807) is 13.2 Å². The van der Waals surface area contributed by atoms with Crippen LogP contribution in [0.15, 0.2) is 16.6 Å². The van der Waals surface area contributed by atoms with Gasteiger partial charge in [-0.25, -0.2) is 0 Å². The second kappa shape index (κ2) is 8.55. The van der Waals surface area contributed by atoms with Gasteiger partial charge in [0, 0.05) is 24.7 Å². The lowest BCUT2D eigenvalue weighted by atomic mass is 10.1. The maximum Gasteiger partial charge on any atom is 0.254 e. The average molecular weight is 385 g/mol. The second-order valence-electron chi connectivity index (χ2n) is 5.57. The highest BCUT2D eigenvalue weighted by Crippen LogP contribution is 2.37. The molecule has 0 saturated carbocycles. The van der Waals surface area contributed by atoms with Crippen LogP contribution in [0.25, 0.3) is 0 Å². The zero-order valence-corrected chi connectivity index (χ0v) is 15.6. The number of ether oxygens (including phenoxy) is 2. The van der Waals surface area contributed by atoms with Crippen LogP contribution in [0, 0.1) is 0 Å². The van der Waals surface area contributed by atoms with Crippen molar-refractivity contribution in [1.29, 1.82) is 0 Å². The smallest absolute Gasteiger partial charge is 0.254 e. The molecule has 1 heterocycles. The van der Waals surface area contributed by atoms with Crippen molar-refractivity contribution >= 4 is 21.8 Å². The second-order valence-corrected chi connectivity index (χ2v) is 6.42. The Labute approximate surface area is 146 Å². The molecule has 1 aromatic rings. The molecule has 1 aliphatic heterocycles. The van der Waals surface area contributed by atoms with Crippen molar-refractivity contribution in [2.24, 2.45) is 0 Å². The van der Waals surface area contributed by atoms with E-state index in [4.69, 9.17) is 9.47 Å². The van der Waals surface area contributed by atoms with E-state index in [1.807, 2.05) is 17.9 Å². The number of amides is 1. The molecule has 23 heavy (non-hydrogen) atoms. The summed E-state index contributed by atoms with van der Waals surface area (Å²) < 4.78 is 11.7. The van der Waals surface area contributed by atoms with Gasteiger partial charge >= 0.3 is 0 Å². The van der Waals surface area contributed by atoms with Crippen molar-refractivity contribution in [1.82, 2.24) is 10.2 Å². The molecular weight excluding hydrogens is 360 g/mol. The van der Waals surface area contributed by atoms with E-state index in [2.05, 4.69) is 28.2 Å². The number of nitrogens with one attached hydrogen (secondary N) is 1. The lowest BCUT2D eigenvalue weighted by Gasteiger charge is -2.28. The molecule has 1 fully saturated rings. The van der Waals surface area contributed by atoms with Crippen molar-refractivity contribution < 1.29 is 14.3 Å². The summed E-state index contributed by atoms with van der Waals surface area (Å²) >= 11 is 3.49. The van der Waals surface area contributed by atoms with Gasteiger partial charge in [0.1, 0.15) is 0 Å². The van der Waals surface area contributed by atoms with Crippen LogP contribution in [0.3, 0.4) is 0 Å². The Morgan fingerprint density at radius 3 is 2.78 bits per heavy atom. The summed E-state index contributed by atoms with van der Waals surface area (Å²) in [5, 5.41) is 3.33. The van der Waals surface area contributed by atoms with Crippen molar-refractivity contribution in [3.63, 3.8) is 0 Å². The van der Waals surface area contributed by atoms with E-state index in [9.17, 15) is 4.79 Å². The van der Waals surface area contributed by atoms with E-state index in [-0.39, 0.29) is 11.9 Å². The summed E-state index contributed by atoms with van der Waals surface area (Å²) in [6.07, 6.45) is 1.94. The Kier molecular flexibility index (Phi) is 6.72. The first-order valence-corrected chi connectivity index (χ1v) is 8.93. The Hall–Kier alpha value is -1.27. The Balaban J connectivity index is 2.31. The molecule has 1 aliphatic rings. The Morgan fingerprint density at radius 1 is 1.43 bits per heavy atom. The van der Waals surface area contributed by atoms with Crippen LogP contribution >= 0.6 is 15.9 Å². The molecule has 0 aliphatic carbocycles. The summed E-state index contributed by atoms with van der Waals surface area (Å²) in [5.41, 5.74) is 0.623. The van der Waals surface area contributed by atoms with Crippen LogP contribution in [0.1, 0.15) is 37.0 Å². The molecule has 0 radical (unpaired) electrons. The summed E-state index contributed by atoms with van der Waals surface area (Å²) in [4.78, 5) is 15.0. The van der Waals surface area contributed by atoms with Crippen molar-refractivity contribution in [3.8, 4) is 11.5 Å². The van der Waals surface area contributed by atoms with E-state index >= 15 is 0 Å². The minimum absolute atomic E-state index is 0.0441. The predicted molar refractivity (Wildman–Crippen MR) is 94.5 cm³/mol. The van der Waals surface area contributed by atoms with E-state index < -0.39 is 0 Å². The topological polar surface area (TPSA) is 50.8 Å². The summed E-state index contributed by atoms with van der Waals surface area (Å²) in [6.45, 7) is 7.14. The monoisotopic (exact) mass is 384 g/mol. The average Bonchev–Trinajstić information content (AvgIpc) is 3.07. The number of hydrogen-bond acceptors (Lipinski definition) is 4. The zero-order chi connectivity index (χ0) is 16.8. The van der Waals surface area contributed by atoms with Gasteiger partial charge in [-0.15, -0.1) is 0 Å². The molecule has 128 valence electrons. The number of carbonyl (C=O) groups is 1. The minimum atomic E-state index is 0.0441. The van der Waals surface area contributed by atoms with E-state index in [0.29, 0.717) is 23.7 Å². The molecular formula is C17H25BrN2O3. The number of methoxy groups -OCH3 is 1. The van der Waals surface area contributed by atoms with Gasteiger partial charge in [-0.05, 0) is 54.4 Å². The first kappa shape index (κ1) is 18.1. The lowest BCUT2D eigenvalue weighted by Crippen LogP contribution is -2.42. The van der Waals surface area contributed by atoms with Crippen LogP contribution in [-0.2, 0) is 0 Å². The molecule has 1 aromatic carbocycles. The fraction of sp³-hybridized carbons (Fsp3) is 0.588. The highest BCUT2D eigenvalue weighted by Gasteiger charge is 2.27. The van der Waals surface area contributed by atoms with Crippen LogP contribution in [0.4, 0.5) is 0 Å². The lowest BCUT2D eigenvalue weighted by molar-refractivity contribution is 0.0691. The molecule has 1 atom stereocenters. The van der Waals surface area contributed by atoms with Crippen molar-refractivity contribution in [3.05, 3.63) is 22.2 Å². The molecule has 5 nitrogen and oxygen atoms in total. The predicted octanol–water partition coefficient (Wildman–Crippen LogP) is 3.07. The molecule has 1 saturated heterocycles.